The minimum Gasteiger partial charge on any atom is -0.399 e. The van der Waals surface area contributed by atoms with Crippen LogP contribution in [0.15, 0.2) is 23.4 Å². The highest BCUT2D eigenvalue weighted by molar-refractivity contribution is 6.37. The molecule has 0 fully saturated rings. The van der Waals surface area contributed by atoms with E-state index in [-0.39, 0.29) is 0 Å². The maximum absolute atomic E-state index is 6.07. The van der Waals surface area contributed by atoms with E-state index in [9.17, 15) is 0 Å². The SMILES string of the molecule is CCC/C(=N\OC)c1ccc(Cl)cc1Cl. The van der Waals surface area contributed by atoms with E-state index in [4.69, 9.17) is 28.0 Å². The Bertz CT molecular complexity index is 364. The van der Waals surface area contributed by atoms with Gasteiger partial charge in [-0.1, -0.05) is 47.8 Å². The van der Waals surface area contributed by atoms with Gasteiger partial charge in [0.05, 0.1) is 10.7 Å². The zero-order valence-electron chi connectivity index (χ0n) is 8.76. The van der Waals surface area contributed by atoms with Crippen molar-refractivity contribution in [2.24, 2.45) is 5.16 Å². The molecule has 0 unspecified atom stereocenters. The second-order valence-corrected chi connectivity index (χ2v) is 3.94. The lowest BCUT2D eigenvalue weighted by molar-refractivity contribution is 0.213. The van der Waals surface area contributed by atoms with E-state index in [2.05, 4.69) is 12.1 Å². The minimum atomic E-state index is 0.603. The van der Waals surface area contributed by atoms with Crippen molar-refractivity contribution >= 4 is 28.9 Å². The Morgan fingerprint density at radius 3 is 2.67 bits per heavy atom. The summed E-state index contributed by atoms with van der Waals surface area (Å²) >= 11 is 11.9. The van der Waals surface area contributed by atoms with Gasteiger partial charge in [-0.05, 0) is 18.6 Å². The van der Waals surface area contributed by atoms with Crippen LogP contribution >= 0.6 is 23.2 Å². The number of hydrogen-bond acceptors (Lipinski definition) is 2. The first-order chi connectivity index (χ1) is 7.19. The second-order valence-electron chi connectivity index (χ2n) is 3.09. The van der Waals surface area contributed by atoms with Gasteiger partial charge in [-0.15, -0.1) is 0 Å². The van der Waals surface area contributed by atoms with Gasteiger partial charge in [0.1, 0.15) is 7.11 Å². The molecule has 0 heterocycles. The first kappa shape index (κ1) is 12.3. The maximum atomic E-state index is 6.07. The maximum Gasteiger partial charge on any atom is 0.106 e. The summed E-state index contributed by atoms with van der Waals surface area (Å²) in [6.45, 7) is 2.08. The Balaban J connectivity index is 3.06. The van der Waals surface area contributed by atoms with E-state index in [0.717, 1.165) is 24.1 Å². The smallest absolute Gasteiger partial charge is 0.106 e. The third-order valence-corrected chi connectivity index (χ3v) is 2.48. The van der Waals surface area contributed by atoms with E-state index in [1.165, 1.54) is 7.11 Å². The summed E-state index contributed by atoms with van der Waals surface area (Å²) in [6.07, 6.45) is 1.82. The van der Waals surface area contributed by atoms with Crippen molar-refractivity contribution in [3.8, 4) is 0 Å². The highest BCUT2D eigenvalue weighted by atomic mass is 35.5. The van der Waals surface area contributed by atoms with Crippen molar-refractivity contribution in [1.29, 1.82) is 0 Å². The molecule has 0 amide bonds. The summed E-state index contributed by atoms with van der Waals surface area (Å²) in [5.74, 6) is 0. The molecule has 2 nitrogen and oxygen atoms in total. The van der Waals surface area contributed by atoms with E-state index in [0.29, 0.717) is 10.0 Å². The third kappa shape index (κ3) is 3.40. The van der Waals surface area contributed by atoms with Crippen LogP contribution in [0.1, 0.15) is 25.3 Å². The van der Waals surface area contributed by atoms with Crippen molar-refractivity contribution in [1.82, 2.24) is 0 Å². The molecule has 0 saturated heterocycles. The predicted octanol–water partition coefficient (Wildman–Crippen LogP) is 4.14. The molecule has 15 heavy (non-hydrogen) atoms. The van der Waals surface area contributed by atoms with Crippen molar-refractivity contribution in [2.75, 3.05) is 7.11 Å². The molecular formula is C11H13Cl2NO. The molecule has 0 aliphatic carbocycles. The van der Waals surface area contributed by atoms with Crippen LogP contribution < -0.4 is 0 Å². The summed E-state index contributed by atoms with van der Waals surface area (Å²) < 4.78 is 0. The molecule has 0 radical (unpaired) electrons. The van der Waals surface area contributed by atoms with Crippen LogP contribution in [0.3, 0.4) is 0 Å². The zero-order chi connectivity index (χ0) is 11.3. The van der Waals surface area contributed by atoms with Crippen LogP contribution in [0.2, 0.25) is 10.0 Å². The highest BCUT2D eigenvalue weighted by Gasteiger charge is 2.08. The lowest BCUT2D eigenvalue weighted by Gasteiger charge is -2.06. The van der Waals surface area contributed by atoms with E-state index in [1.54, 1.807) is 12.1 Å². The van der Waals surface area contributed by atoms with Crippen LogP contribution in [-0.2, 0) is 4.84 Å². The number of benzene rings is 1. The summed E-state index contributed by atoms with van der Waals surface area (Å²) in [5.41, 5.74) is 1.73. The molecular weight excluding hydrogens is 233 g/mol. The van der Waals surface area contributed by atoms with Crippen LogP contribution in [0.25, 0.3) is 0 Å². The molecule has 1 rings (SSSR count). The lowest BCUT2D eigenvalue weighted by atomic mass is 10.1. The molecule has 0 saturated carbocycles. The fourth-order valence-corrected chi connectivity index (χ4v) is 1.82. The van der Waals surface area contributed by atoms with E-state index in [1.807, 2.05) is 6.07 Å². The third-order valence-electron chi connectivity index (χ3n) is 1.93. The summed E-state index contributed by atoms with van der Waals surface area (Å²) in [5, 5.41) is 5.19. The molecule has 0 spiro atoms. The summed E-state index contributed by atoms with van der Waals surface area (Å²) in [6, 6.07) is 5.36. The Labute approximate surface area is 99.8 Å². The Morgan fingerprint density at radius 1 is 1.40 bits per heavy atom. The molecule has 0 aromatic heterocycles. The second kappa shape index (κ2) is 5.99. The van der Waals surface area contributed by atoms with Gasteiger partial charge in [-0.25, -0.2) is 0 Å². The van der Waals surface area contributed by atoms with Crippen LogP contribution in [-0.4, -0.2) is 12.8 Å². The molecule has 4 heteroatoms. The summed E-state index contributed by atoms with van der Waals surface area (Å²) in [7, 11) is 1.53. The van der Waals surface area contributed by atoms with Crippen LogP contribution in [0.5, 0.6) is 0 Å². The van der Waals surface area contributed by atoms with Gasteiger partial charge in [0, 0.05) is 10.6 Å². The van der Waals surface area contributed by atoms with Gasteiger partial charge in [-0.2, -0.15) is 0 Å². The monoisotopic (exact) mass is 245 g/mol. The van der Waals surface area contributed by atoms with Gasteiger partial charge in [0.25, 0.3) is 0 Å². The Hall–Kier alpha value is -0.730. The number of halogens is 2. The molecule has 1 aromatic carbocycles. The van der Waals surface area contributed by atoms with Crippen molar-refractivity contribution < 1.29 is 4.84 Å². The van der Waals surface area contributed by atoms with Crippen molar-refractivity contribution in [3.05, 3.63) is 33.8 Å². The van der Waals surface area contributed by atoms with E-state index < -0.39 is 0 Å². The van der Waals surface area contributed by atoms with Gasteiger partial charge in [0.15, 0.2) is 0 Å². The standard InChI is InChI=1S/C11H13Cl2NO/c1-3-4-11(14-15-2)9-6-5-8(12)7-10(9)13/h5-7H,3-4H2,1-2H3/b14-11+. The molecule has 0 atom stereocenters. The Kier molecular flexibility index (Phi) is 4.92. The van der Waals surface area contributed by atoms with E-state index >= 15 is 0 Å². The highest BCUT2D eigenvalue weighted by Crippen LogP contribution is 2.23. The normalized spacial score (nSPS) is 11.6. The average molecular weight is 246 g/mol. The number of hydrogen-bond donors (Lipinski definition) is 0. The van der Waals surface area contributed by atoms with Gasteiger partial charge >= 0.3 is 0 Å². The molecule has 0 aliphatic rings. The molecule has 0 aliphatic heterocycles. The fraction of sp³-hybridized carbons (Fsp3) is 0.364. The van der Waals surface area contributed by atoms with Crippen molar-refractivity contribution in [3.63, 3.8) is 0 Å². The van der Waals surface area contributed by atoms with Gasteiger partial charge in [0.2, 0.25) is 0 Å². The van der Waals surface area contributed by atoms with Crippen molar-refractivity contribution in [2.45, 2.75) is 19.8 Å². The quantitative estimate of drug-likeness (QED) is 0.577. The topological polar surface area (TPSA) is 21.6 Å². The zero-order valence-corrected chi connectivity index (χ0v) is 10.3. The number of nitrogens with zero attached hydrogens (tertiary/aromatic N) is 1. The molecule has 1 aromatic rings. The molecule has 0 bridgehead atoms. The first-order valence-corrected chi connectivity index (χ1v) is 5.50. The lowest BCUT2D eigenvalue weighted by Crippen LogP contribution is -2.02. The number of oxime groups is 1. The first-order valence-electron chi connectivity index (χ1n) is 4.74. The average Bonchev–Trinajstić information content (AvgIpc) is 2.17. The van der Waals surface area contributed by atoms with Crippen LogP contribution in [0, 0.1) is 0 Å². The minimum absolute atomic E-state index is 0.603. The fourth-order valence-electron chi connectivity index (χ4n) is 1.30. The Morgan fingerprint density at radius 2 is 2.13 bits per heavy atom. The molecule has 0 N–H and O–H groups in total. The van der Waals surface area contributed by atoms with Gasteiger partial charge < -0.3 is 4.84 Å². The van der Waals surface area contributed by atoms with Crippen LogP contribution in [0.4, 0.5) is 0 Å². The number of rotatable bonds is 4. The van der Waals surface area contributed by atoms with Gasteiger partial charge in [-0.3, -0.25) is 0 Å². The molecule has 82 valence electrons. The summed E-state index contributed by atoms with van der Waals surface area (Å²) in [4.78, 5) is 4.79. The predicted molar refractivity (Wildman–Crippen MR) is 64.9 cm³/mol. The largest absolute Gasteiger partial charge is 0.399 e.